The first-order valence-corrected chi connectivity index (χ1v) is 8.74. The minimum absolute atomic E-state index is 0.0895. The third kappa shape index (κ3) is 4.19. The highest BCUT2D eigenvalue weighted by atomic mass is 32.2. The second-order valence-electron chi connectivity index (χ2n) is 4.31. The van der Waals surface area contributed by atoms with Gasteiger partial charge in [-0.2, -0.15) is 9.61 Å². The molecule has 0 aromatic carbocycles. The zero-order valence-electron chi connectivity index (χ0n) is 11.7. The minimum Gasteiger partial charge on any atom is -0.355 e. The van der Waals surface area contributed by atoms with E-state index in [-0.39, 0.29) is 24.6 Å². The maximum atomic E-state index is 11.6. The van der Waals surface area contributed by atoms with E-state index in [0.29, 0.717) is 17.2 Å². The number of fused-ring (bicyclic) bond motifs is 1. The highest BCUT2D eigenvalue weighted by molar-refractivity contribution is 7.89. The molecule has 2 aromatic heterocycles. The smallest absolute Gasteiger partial charge is 0.234 e. The average Bonchev–Trinajstić information content (AvgIpc) is 2.99. The number of aromatic nitrogens is 4. The molecule has 2 N–H and O–H groups in total. The van der Waals surface area contributed by atoms with Crippen molar-refractivity contribution in [2.24, 2.45) is 0 Å². The Morgan fingerprint density at radius 3 is 2.81 bits per heavy atom. The van der Waals surface area contributed by atoms with Gasteiger partial charge in [-0.1, -0.05) is 11.3 Å². The molecule has 21 heavy (non-hydrogen) atoms. The molecule has 0 aliphatic heterocycles. The minimum atomic E-state index is -3.29. The Hall–Kier alpha value is -1.59. The lowest BCUT2D eigenvalue weighted by Gasteiger charge is -2.04. The van der Waals surface area contributed by atoms with Crippen molar-refractivity contribution >= 4 is 32.2 Å². The van der Waals surface area contributed by atoms with E-state index in [1.807, 2.05) is 0 Å². The fourth-order valence-corrected chi connectivity index (χ4v) is 3.04. The summed E-state index contributed by atoms with van der Waals surface area (Å²) in [6, 6.07) is 0. The lowest BCUT2D eigenvalue weighted by atomic mass is 10.3. The molecule has 2 rings (SSSR count). The van der Waals surface area contributed by atoms with Crippen LogP contribution in [0.3, 0.4) is 0 Å². The summed E-state index contributed by atoms with van der Waals surface area (Å²) in [7, 11) is -1.95. The molecule has 0 saturated heterocycles. The van der Waals surface area contributed by atoms with Gasteiger partial charge >= 0.3 is 0 Å². The molecule has 0 spiro atoms. The van der Waals surface area contributed by atoms with E-state index >= 15 is 0 Å². The molecule has 0 fully saturated rings. The summed E-state index contributed by atoms with van der Waals surface area (Å²) in [5.41, 5.74) is 0. The zero-order chi connectivity index (χ0) is 15.5. The summed E-state index contributed by atoms with van der Waals surface area (Å²) in [6.07, 6.45) is 0.737. The van der Waals surface area contributed by atoms with E-state index in [4.69, 9.17) is 0 Å². The molecule has 116 valence electrons. The standard InChI is InChI=1S/C10H16N6O3S2/c1-7-13-14-10-16(7)15-9(20-10)4-3-8(17)12-5-6-21(18,19)11-2/h11H,3-6H2,1-2H3,(H,12,17). The van der Waals surface area contributed by atoms with Gasteiger partial charge in [0.2, 0.25) is 20.9 Å². The number of carbonyl (C=O) groups is 1. The molecular weight excluding hydrogens is 316 g/mol. The summed E-state index contributed by atoms with van der Waals surface area (Å²) in [4.78, 5) is 12.3. The SMILES string of the molecule is CNS(=O)(=O)CCNC(=O)CCc1nn2c(C)nnc2s1. The second kappa shape index (κ2) is 6.45. The number of rotatable bonds is 7. The second-order valence-corrected chi connectivity index (χ2v) is 7.40. The van der Waals surface area contributed by atoms with Gasteiger partial charge in [0.1, 0.15) is 5.01 Å². The lowest BCUT2D eigenvalue weighted by molar-refractivity contribution is -0.120. The fraction of sp³-hybridized carbons (Fsp3) is 0.600. The number of amides is 1. The van der Waals surface area contributed by atoms with Crippen LogP contribution in [-0.4, -0.2) is 53.5 Å². The van der Waals surface area contributed by atoms with Gasteiger partial charge in [-0.25, -0.2) is 13.1 Å². The Morgan fingerprint density at radius 1 is 1.38 bits per heavy atom. The van der Waals surface area contributed by atoms with Gasteiger partial charge in [-0.3, -0.25) is 4.79 Å². The van der Waals surface area contributed by atoms with Crippen molar-refractivity contribution in [2.75, 3.05) is 19.3 Å². The van der Waals surface area contributed by atoms with Crippen LogP contribution in [0.2, 0.25) is 0 Å². The third-order valence-corrected chi connectivity index (χ3v) is 5.08. The van der Waals surface area contributed by atoms with Gasteiger partial charge in [-0.05, 0) is 14.0 Å². The van der Waals surface area contributed by atoms with E-state index in [0.717, 1.165) is 5.01 Å². The molecule has 1 amide bonds. The molecule has 2 aromatic rings. The monoisotopic (exact) mass is 332 g/mol. The first-order chi connectivity index (χ1) is 9.91. The molecule has 0 aliphatic carbocycles. The fourth-order valence-electron chi connectivity index (χ4n) is 1.59. The largest absolute Gasteiger partial charge is 0.355 e. The van der Waals surface area contributed by atoms with E-state index < -0.39 is 10.0 Å². The Bertz CT molecular complexity index is 735. The van der Waals surface area contributed by atoms with Crippen LogP contribution in [0.25, 0.3) is 4.96 Å². The number of hydrogen-bond donors (Lipinski definition) is 2. The van der Waals surface area contributed by atoms with Crippen LogP contribution in [0.4, 0.5) is 0 Å². The highest BCUT2D eigenvalue weighted by Gasteiger charge is 2.11. The van der Waals surface area contributed by atoms with Crippen molar-refractivity contribution in [3.63, 3.8) is 0 Å². The predicted molar refractivity (Wildman–Crippen MR) is 77.6 cm³/mol. The average molecular weight is 332 g/mol. The van der Waals surface area contributed by atoms with E-state index in [9.17, 15) is 13.2 Å². The number of hydrogen-bond acceptors (Lipinski definition) is 7. The van der Waals surface area contributed by atoms with Crippen LogP contribution in [0.5, 0.6) is 0 Å². The highest BCUT2D eigenvalue weighted by Crippen LogP contribution is 2.14. The summed E-state index contributed by atoms with van der Waals surface area (Å²) in [6.45, 7) is 1.89. The van der Waals surface area contributed by atoms with Crippen molar-refractivity contribution in [2.45, 2.75) is 19.8 Å². The van der Waals surface area contributed by atoms with E-state index in [2.05, 4.69) is 25.3 Å². The summed E-state index contributed by atoms with van der Waals surface area (Å²) in [5, 5.41) is 15.5. The number of nitrogens with zero attached hydrogens (tertiary/aromatic N) is 4. The normalized spacial score (nSPS) is 11.9. The van der Waals surface area contributed by atoms with E-state index in [1.165, 1.54) is 18.4 Å². The first-order valence-electron chi connectivity index (χ1n) is 6.27. The predicted octanol–water partition coefficient (Wildman–Crippen LogP) is -0.908. The van der Waals surface area contributed by atoms with Gasteiger partial charge in [-0.15, -0.1) is 10.2 Å². The van der Waals surface area contributed by atoms with Crippen LogP contribution in [0.15, 0.2) is 0 Å². The molecular formula is C10H16N6O3S2. The molecule has 0 radical (unpaired) electrons. The Morgan fingerprint density at radius 2 is 2.14 bits per heavy atom. The molecule has 9 nitrogen and oxygen atoms in total. The first kappa shape index (κ1) is 15.8. The summed E-state index contributed by atoms with van der Waals surface area (Å²) in [5.74, 6) is 0.365. The third-order valence-electron chi connectivity index (χ3n) is 2.76. The van der Waals surface area contributed by atoms with Gasteiger partial charge in [0.15, 0.2) is 5.82 Å². The topological polar surface area (TPSA) is 118 Å². The van der Waals surface area contributed by atoms with Crippen molar-refractivity contribution in [1.29, 1.82) is 0 Å². The van der Waals surface area contributed by atoms with Crippen LogP contribution < -0.4 is 10.0 Å². The molecule has 2 heterocycles. The van der Waals surface area contributed by atoms with E-state index in [1.54, 1.807) is 11.4 Å². The summed E-state index contributed by atoms with van der Waals surface area (Å²) < 4.78 is 26.2. The molecule has 0 aliphatic rings. The molecule has 0 unspecified atom stereocenters. The van der Waals surface area contributed by atoms with Crippen molar-refractivity contribution in [3.8, 4) is 0 Å². The summed E-state index contributed by atoms with van der Waals surface area (Å²) >= 11 is 1.38. The van der Waals surface area contributed by atoms with Gasteiger partial charge in [0, 0.05) is 19.4 Å². The maximum Gasteiger partial charge on any atom is 0.234 e. The Balaban J connectivity index is 1.78. The van der Waals surface area contributed by atoms with Crippen LogP contribution >= 0.6 is 11.3 Å². The lowest BCUT2D eigenvalue weighted by Crippen LogP contribution is -2.33. The van der Waals surface area contributed by atoms with Crippen LogP contribution in [0, 0.1) is 6.92 Å². The Labute approximate surface area is 125 Å². The Kier molecular flexibility index (Phi) is 4.85. The number of nitrogens with one attached hydrogen (secondary N) is 2. The van der Waals surface area contributed by atoms with Crippen LogP contribution in [-0.2, 0) is 21.2 Å². The van der Waals surface area contributed by atoms with Crippen molar-refractivity contribution in [3.05, 3.63) is 10.8 Å². The van der Waals surface area contributed by atoms with Crippen molar-refractivity contribution < 1.29 is 13.2 Å². The molecule has 0 atom stereocenters. The number of sulfonamides is 1. The number of aryl methyl sites for hydroxylation is 2. The van der Waals surface area contributed by atoms with Crippen molar-refractivity contribution in [1.82, 2.24) is 29.9 Å². The van der Waals surface area contributed by atoms with Gasteiger partial charge in [0.05, 0.1) is 5.75 Å². The molecule has 0 bridgehead atoms. The molecule has 11 heteroatoms. The van der Waals surface area contributed by atoms with Crippen LogP contribution in [0.1, 0.15) is 17.3 Å². The number of carbonyl (C=O) groups excluding carboxylic acids is 1. The maximum absolute atomic E-state index is 11.6. The van der Waals surface area contributed by atoms with Gasteiger partial charge in [0.25, 0.3) is 0 Å². The molecule has 0 saturated carbocycles. The zero-order valence-corrected chi connectivity index (χ0v) is 13.3. The van der Waals surface area contributed by atoms with Gasteiger partial charge < -0.3 is 5.32 Å². The quantitative estimate of drug-likeness (QED) is 0.678.